The first-order valence-electron chi connectivity index (χ1n) is 3.23. The van der Waals surface area contributed by atoms with Crippen LogP contribution in [0.2, 0.25) is 0 Å². The maximum Gasteiger partial charge on any atom is 0.147 e. The van der Waals surface area contributed by atoms with Gasteiger partial charge in [0.1, 0.15) is 5.78 Å². The highest BCUT2D eigenvalue weighted by atomic mass is 32.2. The van der Waals surface area contributed by atoms with Gasteiger partial charge in [-0.05, 0) is 27.0 Å². The average Bonchev–Trinajstić information content (AvgIpc) is 1.86. The summed E-state index contributed by atoms with van der Waals surface area (Å²) in [6.45, 7) is 5.48. The fraction of sp³-hybridized carbons (Fsp3) is 0.857. The highest BCUT2D eigenvalue weighted by molar-refractivity contribution is 8.00. The number of ketones is 1. The average molecular weight is 161 g/mol. The molecule has 0 aromatic carbocycles. The van der Waals surface area contributed by atoms with Gasteiger partial charge in [-0.25, -0.2) is 0 Å². The lowest BCUT2D eigenvalue weighted by molar-refractivity contribution is -0.118. The summed E-state index contributed by atoms with van der Waals surface area (Å²) in [5, 5.41) is 0. The standard InChI is InChI=1S/C7H15NOS/c1-5(9)6(8)7(2,3)10-4/h6H,8H2,1-4H3. The van der Waals surface area contributed by atoms with Crippen LogP contribution in [-0.4, -0.2) is 22.8 Å². The Morgan fingerprint density at radius 2 is 2.00 bits per heavy atom. The molecular formula is C7H15NOS. The Hall–Kier alpha value is -0.0200. The summed E-state index contributed by atoms with van der Waals surface area (Å²) >= 11 is 1.62. The summed E-state index contributed by atoms with van der Waals surface area (Å²) in [5.74, 6) is 0.0550. The van der Waals surface area contributed by atoms with Crippen molar-refractivity contribution in [2.24, 2.45) is 5.73 Å². The van der Waals surface area contributed by atoms with Crippen LogP contribution in [0.25, 0.3) is 0 Å². The second-order valence-electron chi connectivity index (χ2n) is 2.90. The monoisotopic (exact) mass is 161 g/mol. The Balaban J connectivity index is 4.17. The molecule has 0 aliphatic carbocycles. The topological polar surface area (TPSA) is 43.1 Å². The number of thioether (sulfide) groups is 1. The van der Waals surface area contributed by atoms with Crippen LogP contribution in [0, 0.1) is 0 Å². The number of Topliss-reactive ketones (excluding diaryl/α,β-unsaturated/α-hetero) is 1. The zero-order chi connectivity index (χ0) is 8.36. The van der Waals surface area contributed by atoms with Crippen molar-refractivity contribution in [1.82, 2.24) is 0 Å². The largest absolute Gasteiger partial charge is 0.320 e. The second-order valence-corrected chi connectivity index (χ2v) is 4.36. The summed E-state index contributed by atoms with van der Waals surface area (Å²) in [4.78, 5) is 10.8. The predicted octanol–water partition coefficient (Wildman–Crippen LogP) is 1.04. The maximum atomic E-state index is 10.8. The number of hydrogen-bond acceptors (Lipinski definition) is 3. The molecule has 0 spiro atoms. The lowest BCUT2D eigenvalue weighted by Gasteiger charge is -2.27. The van der Waals surface area contributed by atoms with Crippen LogP contribution in [0.3, 0.4) is 0 Å². The number of hydrogen-bond donors (Lipinski definition) is 1. The molecule has 2 nitrogen and oxygen atoms in total. The van der Waals surface area contributed by atoms with E-state index in [1.165, 1.54) is 6.92 Å². The lowest BCUT2D eigenvalue weighted by Crippen LogP contribution is -2.45. The molecule has 0 aromatic heterocycles. The molecule has 0 amide bonds. The van der Waals surface area contributed by atoms with Crippen LogP contribution >= 0.6 is 11.8 Å². The van der Waals surface area contributed by atoms with E-state index in [9.17, 15) is 4.79 Å². The summed E-state index contributed by atoms with van der Waals surface area (Å²) in [7, 11) is 0. The molecule has 0 bridgehead atoms. The normalized spacial score (nSPS) is 14.9. The predicted molar refractivity (Wildman–Crippen MR) is 46.3 cm³/mol. The first kappa shape index (κ1) is 9.98. The maximum absolute atomic E-state index is 10.8. The van der Waals surface area contributed by atoms with Crippen molar-refractivity contribution in [2.45, 2.75) is 31.6 Å². The Bertz CT molecular complexity index is 134. The van der Waals surface area contributed by atoms with E-state index in [0.29, 0.717) is 0 Å². The smallest absolute Gasteiger partial charge is 0.147 e. The van der Waals surface area contributed by atoms with Crippen LogP contribution in [0.1, 0.15) is 20.8 Å². The molecule has 0 aromatic rings. The Morgan fingerprint density at radius 1 is 1.60 bits per heavy atom. The van der Waals surface area contributed by atoms with Gasteiger partial charge in [0.2, 0.25) is 0 Å². The van der Waals surface area contributed by atoms with Gasteiger partial charge >= 0.3 is 0 Å². The Labute approximate surface area is 66.6 Å². The lowest BCUT2D eigenvalue weighted by atomic mass is 10.0. The Morgan fingerprint density at radius 3 is 2.10 bits per heavy atom. The number of carbonyl (C=O) groups is 1. The van der Waals surface area contributed by atoms with Gasteiger partial charge in [-0.1, -0.05) is 0 Å². The molecule has 0 saturated carbocycles. The van der Waals surface area contributed by atoms with Crippen LogP contribution in [0.15, 0.2) is 0 Å². The third-order valence-corrected chi connectivity index (χ3v) is 3.02. The van der Waals surface area contributed by atoms with Gasteiger partial charge < -0.3 is 5.73 Å². The molecule has 0 aliphatic rings. The van der Waals surface area contributed by atoms with Gasteiger partial charge in [0.15, 0.2) is 0 Å². The molecule has 0 saturated heterocycles. The molecule has 0 radical (unpaired) electrons. The van der Waals surface area contributed by atoms with Gasteiger partial charge in [0.05, 0.1) is 6.04 Å². The molecule has 1 unspecified atom stereocenters. The fourth-order valence-electron chi connectivity index (χ4n) is 0.616. The second kappa shape index (κ2) is 3.39. The van der Waals surface area contributed by atoms with Gasteiger partial charge in [-0.2, -0.15) is 11.8 Å². The first-order chi connectivity index (χ1) is 4.41. The minimum atomic E-state index is -0.345. The van der Waals surface area contributed by atoms with E-state index in [0.717, 1.165) is 0 Å². The molecule has 0 rings (SSSR count). The molecule has 0 aliphatic heterocycles. The van der Waals surface area contributed by atoms with Crippen molar-refractivity contribution in [1.29, 1.82) is 0 Å². The fourth-order valence-corrected chi connectivity index (χ4v) is 1.04. The van der Waals surface area contributed by atoms with E-state index in [1.54, 1.807) is 11.8 Å². The SMILES string of the molecule is CSC(C)(C)C(N)C(C)=O. The summed E-state index contributed by atoms with van der Waals surface area (Å²) in [6.07, 6.45) is 1.96. The van der Waals surface area contributed by atoms with Gasteiger partial charge in [0.25, 0.3) is 0 Å². The molecule has 60 valence electrons. The van der Waals surface area contributed by atoms with Crippen molar-refractivity contribution in [3.8, 4) is 0 Å². The molecule has 10 heavy (non-hydrogen) atoms. The molecule has 0 heterocycles. The molecule has 2 N–H and O–H groups in total. The zero-order valence-electron chi connectivity index (χ0n) is 6.97. The minimum absolute atomic E-state index is 0.0550. The van der Waals surface area contributed by atoms with Crippen LogP contribution in [0.4, 0.5) is 0 Å². The van der Waals surface area contributed by atoms with Crippen molar-refractivity contribution < 1.29 is 4.79 Å². The van der Waals surface area contributed by atoms with Gasteiger partial charge in [-0.15, -0.1) is 0 Å². The summed E-state index contributed by atoms with van der Waals surface area (Å²) in [5.41, 5.74) is 5.63. The zero-order valence-corrected chi connectivity index (χ0v) is 7.79. The third kappa shape index (κ3) is 2.31. The molecule has 0 fully saturated rings. The van der Waals surface area contributed by atoms with Crippen molar-refractivity contribution in [3.05, 3.63) is 0 Å². The summed E-state index contributed by atoms with van der Waals surface area (Å²) < 4.78 is -0.133. The van der Waals surface area contributed by atoms with Crippen molar-refractivity contribution >= 4 is 17.5 Å². The van der Waals surface area contributed by atoms with E-state index < -0.39 is 0 Å². The highest BCUT2D eigenvalue weighted by Gasteiger charge is 2.28. The highest BCUT2D eigenvalue weighted by Crippen LogP contribution is 2.24. The minimum Gasteiger partial charge on any atom is -0.320 e. The van der Waals surface area contributed by atoms with Crippen LogP contribution in [0.5, 0.6) is 0 Å². The quantitative estimate of drug-likeness (QED) is 0.672. The molecular weight excluding hydrogens is 146 g/mol. The Kier molecular flexibility index (Phi) is 3.39. The molecule has 3 heteroatoms. The van der Waals surface area contributed by atoms with Crippen LogP contribution < -0.4 is 5.73 Å². The van der Waals surface area contributed by atoms with E-state index >= 15 is 0 Å². The number of rotatable bonds is 3. The third-order valence-electron chi connectivity index (χ3n) is 1.71. The van der Waals surface area contributed by atoms with Gasteiger partial charge in [0, 0.05) is 4.75 Å². The van der Waals surface area contributed by atoms with E-state index in [1.807, 2.05) is 20.1 Å². The number of carbonyl (C=O) groups excluding carboxylic acids is 1. The summed E-state index contributed by atoms with van der Waals surface area (Å²) in [6, 6.07) is -0.345. The van der Waals surface area contributed by atoms with E-state index in [4.69, 9.17) is 5.73 Å². The van der Waals surface area contributed by atoms with Crippen LogP contribution in [-0.2, 0) is 4.79 Å². The molecule has 1 atom stereocenters. The van der Waals surface area contributed by atoms with Crippen molar-refractivity contribution in [2.75, 3.05) is 6.26 Å². The van der Waals surface area contributed by atoms with Gasteiger partial charge in [-0.3, -0.25) is 4.79 Å². The first-order valence-corrected chi connectivity index (χ1v) is 4.45. The van der Waals surface area contributed by atoms with Crippen molar-refractivity contribution in [3.63, 3.8) is 0 Å². The number of nitrogens with two attached hydrogens (primary N) is 1. The van der Waals surface area contributed by atoms with E-state index in [2.05, 4.69) is 0 Å². The van der Waals surface area contributed by atoms with E-state index in [-0.39, 0.29) is 16.6 Å².